The first-order valence-corrected chi connectivity index (χ1v) is 5.51. The number of hydrogen-bond acceptors (Lipinski definition) is 4. The van der Waals surface area contributed by atoms with E-state index in [0.29, 0.717) is 26.2 Å². The standard InChI is InChI=1S/C11H21NO5/c1-11(10(14)15,9(13)12-2)5-4-6-17-8-7-16-3/h4-8H2,1-3H3,(H,12,13)(H,14,15). The van der Waals surface area contributed by atoms with Crippen LogP contribution in [0, 0.1) is 5.41 Å². The zero-order valence-corrected chi connectivity index (χ0v) is 10.6. The van der Waals surface area contributed by atoms with Crippen LogP contribution in [-0.2, 0) is 19.1 Å². The number of nitrogens with one attached hydrogen (secondary N) is 1. The summed E-state index contributed by atoms with van der Waals surface area (Å²) in [4.78, 5) is 22.6. The Morgan fingerprint density at radius 1 is 1.29 bits per heavy atom. The minimum Gasteiger partial charge on any atom is -0.480 e. The molecule has 0 saturated heterocycles. The van der Waals surface area contributed by atoms with Gasteiger partial charge in [0.1, 0.15) is 5.41 Å². The van der Waals surface area contributed by atoms with Crippen LogP contribution in [-0.4, -0.2) is 51.0 Å². The van der Waals surface area contributed by atoms with E-state index in [-0.39, 0.29) is 6.42 Å². The summed E-state index contributed by atoms with van der Waals surface area (Å²) >= 11 is 0. The number of carboxylic acid groups (broad SMARTS) is 1. The van der Waals surface area contributed by atoms with Crippen LogP contribution >= 0.6 is 0 Å². The van der Waals surface area contributed by atoms with Gasteiger partial charge in [-0.1, -0.05) is 0 Å². The van der Waals surface area contributed by atoms with Crippen molar-refractivity contribution in [1.82, 2.24) is 5.32 Å². The number of amides is 1. The van der Waals surface area contributed by atoms with Crippen LogP contribution in [0.2, 0.25) is 0 Å². The normalized spacial score (nSPS) is 14.1. The van der Waals surface area contributed by atoms with Crippen LogP contribution in [0.5, 0.6) is 0 Å². The van der Waals surface area contributed by atoms with E-state index in [9.17, 15) is 9.59 Å². The van der Waals surface area contributed by atoms with Gasteiger partial charge in [0.15, 0.2) is 0 Å². The molecule has 0 radical (unpaired) electrons. The summed E-state index contributed by atoms with van der Waals surface area (Å²) in [5.41, 5.74) is -1.39. The molecule has 1 unspecified atom stereocenters. The average molecular weight is 247 g/mol. The van der Waals surface area contributed by atoms with Gasteiger partial charge in [0, 0.05) is 20.8 Å². The van der Waals surface area contributed by atoms with Gasteiger partial charge < -0.3 is 19.9 Å². The van der Waals surface area contributed by atoms with Gasteiger partial charge in [-0.05, 0) is 19.8 Å². The molecule has 17 heavy (non-hydrogen) atoms. The van der Waals surface area contributed by atoms with Crippen LogP contribution in [0.15, 0.2) is 0 Å². The SMILES string of the molecule is CNC(=O)C(C)(CCCOCCOC)C(=O)O. The Morgan fingerprint density at radius 3 is 2.41 bits per heavy atom. The highest BCUT2D eigenvalue weighted by Gasteiger charge is 2.39. The van der Waals surface area contributed by atoms with Gasteiger partial charge in [-0.3, -0.25) is 9.59 Å². The van der Waals surface area contributed by atoms with Crippen molar-refractivity contribution in [3.05, 3.63) is 0 Å². The van der Waals surface area contributed by atoms with E-state index in [1.807, 2.05) is 0 Å². The number of ether oxygens (including phenoxy) is 2. The lowest BCUT2D eigenvalue weighted by molar-refractivity contribution is -0.155. The molecule has 0 heterocycles. The highest BCUT2D eigenvalue weighted by Crippen LogP contribution is 2.23. The lowest BCUT2D eigenvalue weighted by atomic mass is 9.84. The molecule has 0 bridgehead atoms. The highest BCUT2D eigenvalue weighted by atomic mass is 16.5. The summed E-state index contributed by atoms with van der Waals surface area (Å²) in [5.74, 6) is -1.60. The van der Waals surface area contributed by atoms with Crippen LogP contribution in [0.3, 0.4) is 0 Å². The van der Waals surface area contributed by atoms with E-state index in [1.54, 1.807) is 7.11 Å². The number of carbonyl (C=O) groups is 2. The molecule has 0 spiro atoms. The van der Waals surface area contributed by atoms with Crippen molar-refractivity contribution in [1.29, 1.82) is 0 Å². The van der Waals surface area contributed by atoms with Crippen molar-refractivity contribution < 1.29 is 24.2 Å². The molecule has 0 aromatic heterocycles. The lowest BCUT2D eigenvalue weighted by Crippen LogP contribution is -2.43. The Labute approximate surface area is 101 Å². The summed E-state index contributed by atoms with van der Waals surface area (Å²) in [6.45, 7) is 2.82. The molecule has 0 rings (SSSR count). The molecular weight excluding hydrogens is 226 g/mol. The third kappa shape index (κ3) is 5.14. The quantitative estimate of drug-likeness (QED) is 0.451. The van der Waals surface area contributed by atoms with Crippen molar-refractivity contribution in [2.45, 2.75) is 19.8 Å². The molecule has 2 N–H and O–H groups in total. The van der Waals surface area contributed by atoms with E-state index >= 15 is 0 Å². The Hall–Kier alpha value is -1.14. The lowest BCUT2D eigenvalue weighted by Gasteiger charge is -2.22. The van der Waals surface area contributed by atoms with Crippen LogP contribution < -0.4 is 5.32 Å². The number of aliphatic carboxylic acids is 1. The number of methoxy groups -OCH3 is 1. The number of carbonyl (C=O) groups excluding carboxylic acids is 1. The monoisotopic (exact) mass is 247 g/mol. The van der Waals surface area contributed by atoms with Gasteiger partial charge in [0.05, 0.1) is 13.2 Å². The Kier molecular flexibility index (Phi) is 7.49. The van der Waals surface area contributed by atoms with E-state index < -0.39 is 17.3 Å². The largest absolute Gasteiger partial charge is 0.480 e. The van der Waals surface area contributed by atoms with Gasteiger partial charge in [-0.15, -0.1) is 0 Å². The maximum Gasteiger partial charge on any atom is 0.318 e. The van der Waals surface area contributed by atoms with Crippen molar-refractivity contribution in [2.24, 2.45) is 5.41 Å². The van der Waals surface area contributed by atoms with Crippen LogP contribution in [0.1, 0.15) is 19.8 Å². The van der Waals surface area contributed by atoms with E-state index in [1.165, 1.54) is 14.0 Å². The minimum atomic E-state index is -1.39. The fourth-order valence-corrected chi connectivity index (χ4v) is 1.37. The van der Waals surface area contributed by atoms with E-state index in [2.05, 4.69) is 5.32 Å². The Balaban J connectivity index is 4.03. The molecule has 6 nitrogen and oxygen atoms in total. The smallest absolute Gasteiger partial charge is 0.318 e. The van der Waals surface area contributed by atoms with Crippen molar-refractivity contribution in [2.75, 3.05) is 34.0 Å². The van der Waals surface area contributed by atoms with Gasteiger partial charge in [0.25, 0.3) is 0 Å². The average Bonchev–Trinajstić information content (AvgIpc) is 2.31. The molecule has 0 aliphatic heterocycles. The molecular formula is C11H21NO5. The topological polar surface area (TPSA) is 84.9 Å². The minimum absolute atomic E-state index is 0.245. The second kappa shape index (κ2) is 8.03. The van der Waals surface area contributed by atoms with Crippen molar-refractivity contribution in [3.63, 3.8) is 0 Å². The summed E-state index contributed by atoms with van der Waals surface area (Å²) in [6, 6.07) is 0. The van der Waals surface area contributed by atoms with Gasteiger partial charge in [0.2, 0.25) is 5.91 Å². The number of rotatable bonds is 9. The maximum atomic E-state index is 11.5. The van der Waals surface area contributed by atoms with Crippen LogP contribution in [0.25, 0.3) is 0 Å². The zero-order chi connectivity index (χ0) is 13.3. The molecule has 0 saturated carbocycles. The first kappa shape index (κ1) is 15.9. The summed E-state index contributed by atoms with van der Waals surface area (Å²) in [5, 5.41) is 11.4. The first-order valence-electron chi connectivity index (χ1n) is 5.51. The number of hydrogen-bond donors (Lipinski definition) is 2. The van der Waals surface area contributed by atoms with Gasteiger partial charge in [-0.2, -0.15) is 0 Å². The predicted molar refractivity (Wildman–Crippen MR) is 61.7 cm³/mol. The third-order valence-electron chi connectivity index (χ3n) is 2.60. The molecule has 100 valence electrons. The van der Waals surface area contributed by atoms with Crippen LogP contribution in [0.4, 0.5) is 0 Å². The molecule has 0 aliphatic rings. The summed E-state index contributed by atoms with van der Waals surface area (Å²) < 4.78 is 10.0. The second-order valence-electron chi connectivity index (χ2n) is 3.93. The highest BCUT2D eigenvalue weighted by molar-refractivity contribution is 6.01. The summed E-state index contributed by atoms with van der Waals surface area (Å²) in [6.07, 6.45) is 0.759. The third-order valence-corrected chi connectivity index (χ3v) is 2.60. The molecule has 6 heteroatoms. The Bertz CT molecular complexity index is 256. The number of carboxylic acids is 1. The molecule has 0 aromatic carbocycles. The molecule has 0 aliphatic carbocycles. The molecule has 0 fully saturated rings. The van der Waals surface area contributed by atoms with Gasteiger partial charge >= 0.3 is 5.97 Å². The van der Waals surface area contributed by atoms with Gasteiger partial charge in [-0.25, -0.2) is 0 Å². The van der Waals surface area contributed by atoms with E-state index in [0.717, 1.165) is 0 Å². The van der Waals surface area contributed by atoms with Crippen molar-refractivity contribution >= 4 is 11.9 Å². The summed E-state index contributed by atoms with van der Waals surface area (Å²) in [7, 11) is 3.01. The fourth-order valence-electron chi connectivity index (χ4n) is 1.37. The molecule has 0 aromatic rings. The molecule has 1 atom stereocenters. The fraction of sp³-hybridized carbons (Fsp3) is 0.818. The van der Waals surface area contributed by atoms with Crippen molar-refractivity contribution in [3.8, 4) is 0 Å². The zero-order valence-electron chi connectivity index (χ0n) is 10.6. The molecule has 1 amide bonds. The maximum absolute atomic E-state index is 11.5. The predicted octanol–water partition coefficient (Wildman–Crippen LogP) is 0.267. The second-order valence-corrected chi connectivity index (χ2v) is 3.93. The van der Waals surface area contributed by atoms with E-state index in [4.69, 9.17) is 14.6 Å². The first-order chi connectivity index (χ1) is 7.99. The Morgan fingerprint density at radius 2 is 1.94 bits per heavy atom.